The van der Waals surface area contributed by atoms with Crippen LogP contribution in [0.1, 0.15) is 18.4 Å². The Labute approximate surface area is 111 Å². The summed E-state index contributed by atoms with van der Waals surface area (Å²) in [5.74, 6) is -1.07. The standard InChI is InChI=1S/C14H18FNO3/c1-19-12-4-2-3-11(13(12)15)9-16-7-5-10(6-8-16)14(17)18/h2-4,10H,5-9H2,1H3,(H,17,18). The van der Waals surface area contributed by atoms with E-state index >= 15 is 0 Å². The highest BCUT2D eigenvalue weighted by molar-refractivity contribution is 5.70. The number of hydrogen-bond acceptors (Lipinski definition) is 3. The van der Waals surface area contributed by atoms with E-state index in [4.69, 9.17) is 9.84 Å². The summed E-state index contributed by atoms with van der Waals surface area (Å²) >= 11 is 0. The third kappa shape index (κ3) is 3.23. The first kappa shape index (κ1) is 13.8. The second kappa shape index (κ2) is 6.02. The van der Waals surface area contributed by atoms with Gasteiger partial charge < -0.3 is 9.84 Å². The van der Waals surface area contributed by atoms with Gasteiger partial charge in [0.05, 0.1) is 13.0 Å². The molecule has 0 aliphatic carbocycles. The zero-order valence-corrected chi connectivity index (χ0v) is 10.9. The molecular formula is C14H18FNO3. The number of halogens is 1. The molecule has 1 aliphatic heterocycles. The number of aliphatic carboxylic acids is 1. The first-order chi connectivity index (χ1) is 9.11. The number of carbonyl (C=O) groups is 1. The van der Waals surface area contributed by atoms with Crippen LogP contribution < -0.4 is 4.74 Å². The smallest absolute Gasteiger partial charge is 0.306 e. The second-order valence-electron chi connectivity index (χ2n) is 4.82. The van der Waals surface area contributed by atoms with E-state index in [9.17, 15) is 9.18 Å². The number of carboxylic acids is 1. The van der Waals surface area contributed by atoms with Crippen molar-refractivity contribution < 1.29 is 19.0 Å². The minimum atomic E-state index is -0.729. The summed E-state index contributed by atoms with van der Waals surface area (Å²) in [7, 11) is 1.44. The SMILES string of the molecule is COc1cccc(CN2CCC(C(=O)O)CC2)c1F. The van der Waals surface area contributed by atoms with Gasteiger partial charge in [0.15, 0.2) is 11.6 Å². The molecule has 104 valence electrons. The molecule has 0 saturated carbocycles. The molecule has 1 aromatic carbocycles. The third-order valence-corrected chi connectivity index (χ3v) is 3.59. The van der Waals surface area contributed by atoms with E-state index in [0.29, 0.717) is 38.0 Å². The number of ether oxygens (including phenoxy) is 1. The maximum Gasteiger partial charge on any atom is 0.306 e. The molecule has 0 atom stereocenters. The van der Waals surface area contributed by atoms with Crippen LogP contribution in [-0.4, -0.2) is 36.2 Å². The minimum Gasteiger partial charge on any atom is -0.494 e. The van der Waals surface area contributed by atoms with E-state index in [-0.39, 0.29) is 17.5 Å². The van der Waals surface area contributed by atoms with Crippen molar-refractivity contribution in [1.29, 1.82) is 0 Å². The van der Waals surface area contributed by atoms with Crippen LogP contribution in [-0.2, 0) is 11.3 Å². The Balaban J connectivity index is 1.98. The van der Waals surface area contributed by atoms with E-state index in [1.807, 2.05) is 0 Å². The highest BCUT2D eigenvalue weighted by atomic mass is 19.1. The molecule has 1 heterocycles. The first-order valence-electron chi connectivity index (χ1n) is 6.38. The normalized spacial score (nSPS) is 17.4. The first-order valence-corrected chi connectivity index (χ1v) is 6.38. The Morgan fingerprint density at radius 2 is 2.16 bits per heavy atom. The zero-order valence-electron chi connectivity index (χ0n) is 10.9. The lowest BCUT2D eigenvalue weighted by atomic mass is 9.97. The number of piperidine rings is 1. The van der Waals surface area contributed by atoms with Crippen molar-refractivity contribution in [3.8, 4) is 5.75 Å². The number of likely N-dealkylation sites (tertiary alicyclic amines) is 1. The topological polar surface area (TPSA) is 49.8 Å². The van der Waals surface area contributed by atoms with Gasteiger partial charge in [0.2, 0.25) is 0 Å². The van der Waals surface area contributed by atoms with Gasteiger partial charge in [0.1, 0.15) is 0 Å². The highest BCUT2D eigenvalue weighted by Crippen LogP contribution is 2.24. The molecule has 19 heavy (non-hydrogen) atoms. The lowest BCUT2D eigenvalue weighted by molar-refractivity contribution is -0.143. The fourth-order valence-corrected chi connectivity index (χ4v) is 2.41. The molecule has 1 fully saturated rings. The molecule has 0 radical (unpaired) electrons. The summed E-state index contributed by atoms with van der Waals surface area (Å²) < 4.78 is 18.9. The summed E-state index contributed by atoms with van der Waals surface area (Å²) in [6.45, 7) is 1.87. The maximum atomic E-state index is 14.0. The molecule has 5 heteroatoms. The fraction of sp³-hybridized carbons (Fsp3) is 0.500. The van der Waals surface area contributed by atoms with Gasteiger partial charge in [0, 0.05) is 12.1 Å². The Bertz CT molecular complexity index is 456. The predicted octanol–water partition coefficient (Wildman–Crippen LogP) is 2.13. The molecule has 2 rings (SSSR count). The number of benzene rings is 1. The van der Waals surface area contributed by atoms with Crippen LogP contribution in [0.25, 0.3) is 0 Å². The number of rotatable bonds is 4. The fourth-order valence-electron chi connectivity index (χ4n) is 2.41. The van der Waals surface area contributed by atoms with E-state index in [0.717, 1.165) is 0 Å². The molecule has 0 aromatic heterocycles. The summed E-state index contributed by atoms with van der Waals surface area (Å²) in [5, 5.41) is 8.93. The lowest BCUT2D eigenvalue weighted by Crippen LogP contribution is -2.36. The number of methoxy groups -OCH3 is 1. The van der Waals surface area contributed by atoms with Gasteiger partial charge in [0.25, 0.3) is 0 Å². The zero-order chi connectivity index (χ0) is 13.8. The van der Waals surface area contributed by atoms with Crippen molar-refractivity contribution in [1.82, 2.24) is 4.90 Å². The van der Waals surface area contributed by atoms with Crippen molar-refractivity contribution in [3.05, 3.63) is 29.6 Å². The average Bonchev–Trinajstić information content (AvgIpc) is 2.42. The lowest BCUT2D eigenvalue weighted by Gasteiger charge is -2.30. The number of nitrogens with zero attached hydrogens (tertiary/aromatic N) is 1. The van der Waals surface area contributed by atoms with Gasteiger partial charge in [-0.15, -0.1) is 0 Å². The third-order valence-electron chi connectivity index (χ3n) is 3.59. The van der Waals surface area contributed by atoms with Gasteiger partial charge in [-0.3, -0.25) is 9.69 Å². The Hall–Kier alpha value is -1.62. The molecule has 1 saturated heterocycles. The molecule has 4 nitrogen and oxygen atoms in total. The van der Waals surface area contributed by atoms with E-state index in [2.05, 4.69) is 4.90 Å². The number of hydrogen-bond donors (Lipinski definition) is 1. The van der Waals surface area contributed by atoms with Crippen LogP contribution in [0.2, 0.25) is 0 Å². The Morgan fingerprint density at radius 3 is 2.74 bits per heavy atom. The van der Waals surface area contributed by atoms with Gasteiger partial charge >= 0.3 is 5.97 Å². The van der Waals surface area contributed by atoms with Crippen LogP contribution in [0.5, 0.6) is 5.75 Å². The molecule has 1 aliphatic rings. The van der Waals surface area contributed by atoms with E-state index in [1.165, 1.54) is 7.11 Å². The van der Waals surface area contributed by atoms with Crippen molar-refractivity contribution in [2.24, 2.45) is 5.92 Å². The Kier molecular flexibility index (Phi) is 4.37. The largest absolute Gasteiger partial charge is 0.494 e. The summed E-state index contributed by atoms with van der Waals surface area (Å²) in [6.07, 6.45) is 1.25. The second-order valence-corrected chi connectivity index (χ2v) is 4.82. The summed E-state index contributed by atoms with van der Waals surface area (Å²) in [5.41, 5.74) is 0.591. The minimum absolute atomic E-state index is 0.248. The van der Waals surface area contributed by atoms with E-state index < -0.39 is 5.97 Å². The molecule has 1 N–H and O–H groups in total. The molecular weight excluding hydrogens is 249 g/mol. The molecule has 0 spiro atoms. The monoisotopic (exact) mass is 267 g/mol. The van der Waals surface area contributed by atoms with Crippen LogP contribution >= 0.6 is 0 Å². The van der Waals surface area contributed by atoms with Crippen molar-refractivity contribution >= 4 is 5.97 Å². The van der Waals surface area contributed by atoms with Gasteiger partial charge in [-0.1, -0.05) is 12.1 Å². The predicted molar refractivity (Wildman–Crippen MR) is 68.6 cm³/mol. The van der Waals surface area contributed by atoms with Crippen LogP contribution in [0, 0.1) is 11.7 Å². The van der Waals surface area contributed by atoms with Crippen LogP contribution in [0.15, 0.2) is 18.2 Å². The van der Waals surface area contributed by atoms with Crippen molar-refractivity contribution in [3.63, 3.8) is 0 Å². The van der Waals surface area contributed by atoms with Crippen LogP contribution in [0.4, 0.5) is 4.39 Å². The number of carboxylic acid groups (broad SMARTS) is 1. The quantitative estimate of drug-likeness (QED) is 0.908. The van der Waals surface area contributed by atoms with Gasteiger partial charge in [-0.05, 0) is 32.0 Å². The molecule has 1 aromatic rings. The van der Waals surface area contributed by atoms with E-state index in [1.54, 1.807) is 18.2 Å². The summed E-state index contributed by atoms with van der Waals surface area (Å²) in [6, 6.07) is 5.10. The van der Waals surface area contributed by atoms with Crippen LogP contribution in [0.3, 0.4) is 0 Å². The van der Waals surface area contributed by atoms with Crippen molar-refractivity contribution in [2.75, 3.05) is 20.2 Å². The molecule has 0 amide bonds. The highest BCUT2D eigenvalue weighted by Gasteiger charge is 2.25. The average molecular weight is 267 g/mol. The Morgan fingerprint density at radius 1 is 1.47 bits per heavy atom. The molecule has 0 unspecified atom stereocenters. The summed E-state index contributed by atoms with van der Waals surface area (Å²) in [4.78, 5) is 12.9. The maximum absolute atomic E-state index is 14.0. The van der Waals surface area contributed by atoms with Crippen molar-refractivity contribution in [2.45, 2.75) is 19.4 Å². The van der Waals surface area contributed by atoms with Gasteiger partial charge in [-0.2, -0.15) is 0 Å². The van der Waals surface area contributed by atoms with Gasteiger partial charge in [-0.25, -0.2) is 4.39 Å². The molecule has 0 bridgehead atoms.